The minimum Gasteiger partial charge on any atom is -0.496 e. The minimum atomic E-state index is -0.0549. The molecular formula is C20H24N2O3S. The van der Waals surface area contributed by atoms with Gasteiger partial charge in [0.25, 0.3) is 0 Å². The number of ether oxygens (including phenoxy) is 2. The fraction of sp³-hybridized carbons (Fsp3) is 0.500. The highest BCUT2D eigenvalue weighted by molar-refractivity contribution is 7.15. The summed E-state index contributed by atoms with van der Waals surface area (Å²) in [6, 6.07) is 7.89. The van der Waals surface area contributed by atoms with Crippen molar-refractivity contribution in [3.63, 3.8) is 0 Å². The first kappa shape index (κ1) is 17.5. The molecule has 2 aliphatic heterocycles. The molecule has 1 atom stereocenters. The number of benzene rings is 1. The molecule has 2 aromatic rings. The number of hydrogen-bond acceptors (Lipinski definition) is 5. The lowest BCUT2D eigenvalue weighted by atomic mass is 9.92. The molecule has 1 amide bonds. The Morgan fingerprint density at radius 1 is 1.31 bits per heavy atom. The number of para-hydroxylation sites is 1. The Kier molecular flexibility index (Phi) is 4.96. The van der Waals surface area contributed by atoms with Crippen molar-refractivity contribution in [3.05, 3.63) is 35.3 Å². The molecule has 26 heavy (non-hydrogen) atoms. The largest absolute Gasteiger partial charge is 0.496 e. The highest BCUT2D eigenvalue weighted by atomic mass is 32.1. The van der Waals surface area contributed by atoms with Crippen LogP contribution >= 0.6 is 11.3 Å². The third kappa shape index (κ3) is 3.48. The van der Waals surface area contributed by atoms with Crippen molar-refractivity contribution in [3.8, 4) is 16.3 Å². The standard InChI is InChI=1S/C20H24N2O3S/c1-24-17-6-3-2-5-16(17)19-21-13-15(26-19)14-22-11-10-20(8-4-12-25-20)9-7-18(22)23/h2-3,5-6,13H,4,7-12,14H2,1H3. The molecule has 4 rings (SSSR count). The van der Waals surface area contributed by atoms with Crippen LogP contribution in [0.2, 0.25) is 0 Å². The third-order valence-electron chi connectivity index (χ3n) is 5.41. The summed E-state index contributed by atoms with van der Waals surface area (Å²) in [7, 11) is 1.67. The van der Waals surface area contributed by atoms with Gasteiger partial charge in [-0.05, 0) is 37.8 Å². The maximum Gasteiger partial charge on any atom is 0.223 e. The Hall–Kier alpha value is -1.92. The van der Waals surface area contributed by atoms with E-state index in [1.165, 1.54) is 0 Å². The van der Waals surface area contributed by atoms with Crippen LogP contribution in [0.5, 0.6) is 5.75 Å². The van der Waals surface area contributed by atoms with E-state index in [1.54, 1.807) is 18.4 Å². The fourth-order valence-electron chi connectivity index (χ4n) is 3.91. The normalized spacial score (nSPS) is 23.4. The lowest BCUT2D eigenvalue weighted by Crippen LogP contribution is -2.31. The summed E-state index contributed by atoms with van der Waals surface area (Å²) in [5.74, 6) is 1.05. The van der Waals surface area contributed by atoms with Gasteiger partial charge >= 0.3 is 0 Å². The number of carbonyl (C=O) groups excluding carboxylic acids is 1. The predicted molar refractivity (Wildman–Crippen MR) is 101 cm³/mol. The summed E-state index contributed by atoms with van der Waals surface area (Å²) < 4.78 is 11.4. The average molecular weight is 372 g/mol. The smallest absolute Gasteiger partial charge is 0.223 e. The zero-order chi connectivity index (χ0) is 18.0. The number of nitrogens with zero attached hydrogens (tertiary/aromatic N) is 2. The van der Waals surface area contributed by atoms with E-state index in [-0.39, 0.29) is 11.5 Å². The highest BCUT2D eigenvalue weighted by Gasteiger charge is 2.38. The van der Waals surface area contributed by atoms with Crippen LogP contribution in [-0.4, -0.2) is 41.7 Å². The van der Waals surface area contributed by atoms with E-state index in [1.807, 2.05) is 35.4 Å². The summed E-state index contributed by atoms with van der Waals surface area (Å²) in [5, 5.41) is 0.926. The second kappa shape index (κ2) is 7.37. The molecule has 138 valence electrons. The fourth-order valence-corrected chi connectivity index (χ4v) is 4.87. The Morgan fingerprint density at radius 3 is 3.00 bits per heavy atom. The minimum absolute atomic E-state index is 0.0549. The maximum atomic E-state index is 12.6. The van der Waals surface area contributed by atoms with Gasteiger partial charge in [-0.3, -0.25) is 4.79 Å². The predicted octanol–water partition coefficient (Wildman–Crippen LogP) is 3.88. The molecular weight excluding hydrogens is 348 g/mol. The molecule has 0 N–H and O–H groups in total. The van der Waals surface area contributed by atoms with Crippen LogP contribution in [-0.2, 0) is 16.1 Å². The number of methoxy groups -OCH3 is 1. The summed E-state index contributed by atoms with van der Waals surface area (Å²) >= 11 is 1.63. The lowest BCUT2D eigenvalue weighted by molar-refractivity contribution is -0.131. The second-order valence-electron chi connectivity index (χ2n) is 7.03. The zero-order valence-corrected chi connectivity index (χ0v) is 15.9. The molecule has 3 heterocycles. The van der Waals surface area contributed by atoms with Crippen molar-refractivity contribution >= 4 is 17.2 Å². The van der Waals surface area contributed by atoms with Gasteiger partial charge in [-0.2, -0.15) is 0 Å². The van der Waals surface area contributed by atoms with Crippen molar-refractivity contribution in [2.45, 2.75) is 44.2 Å². The van der Waals surface area contributed by atoms with Crippen molar-refractivity contribution in [1.82, 2.24) is 9.88 Å². The van der Waals surface area contributed by atoms with Gasteiger partial charge in [0.1, 0.15) is 10.8 Å². The Morgan fingerprint density at radius 2 is 2.19 bits per heavy atom. The first-order chi connectivity index (χ1) is 12.7. The number of aromatic nitrogens is 1. The van der Waals surface area contributed by atoms with Crippen molar-refractivity contribution in [1.29, 1.82) is 0 Å². The van der Waals surface area contributed by atoms with Crippen LogP contribution in [0.3, 0.4) is 0 Å². The topological polar surface area (TPSA) is 51.7 Å². The molecule has 5 nitrogen and oxygen atoms in total. The van der Waals surface area contributed by atoms with Crippen molar-refractivity contribution < 1.29 is 14.3 Å². The van der Waals surface area contributed by atoms with Crippen LogP contribution in [0, 0.1) is 0 Å². The number of carbonyl (C=O) groups is 1. The number of rotatable bonds is 4. The molecule has 0 aliphatic carbocycles. The zero-order valence-electron chi connectivity index (χ0n) is 15.1. The van der Waals surface area contributed by atoms with Gasteiger partial charge in [0, 0.05) is 30.6 Å². The van der Waals surface area contributed by atoms with Gasteiger partial charge in [-0.25, -0.2) is 4.98 Å². The van der Waals surface area contributed by atoms with Crippen LogP contribution < -0.4 is 4.74 Å². The first-order valence-electron chi connectivity index (χ1n) is 9.19. The van der Waals surface area contributed by atoms with Gasteiger partial charge < -0.3 is 14.4 Å². The summed E-state index contributed by atoms with van der Waals surface area (Å²) in [6.45, 7) is 2.23. The molecule has 0 radical (unpaired) electrons. The van der Waals surface area contributed by atoms with E-state index < -0.39 is 0 Å². The molecule has 1 spiro atoms. The molecule has 2 fully saturated rings. The van der Waals surface area contributed by atoms with Gasteiger partial charge in [0.15, 0.2) is 0 Å². The summed E-state index contributed by atoms with van der Waals surface area (Å²) in [5.41, 5.74) is 0.937. The monoisotopic (exact) mass is 372 g/mol. The first-order valence-corrected chi connectivity index (χ1v) is 10.0. The van der Waals surface area contributed by atoms with Crippen LogP contribution in [0.4, 0.5) is 0 Å². The molecule has 1 aromatic carbocycles. The Bertz CT molecular complexity index is 783. The summed E-state index contributed by atoms with van der Waals surface area (Å²) in [4.78, 5) is 20.2. The summed E-state index contributed by atoms with van der Waals surface area (Å²) in [6.07, 6.45) is 6.47. The van der Waals surface area contributed by atoms with E-state index in [0.29, 0.717) is 13.0 Å². The number of thiazole rings is 1. The quantitative estimate of drug-likeness (QED) is 0.817. The van der Waals surface area contributed by atoms with Crippen LogP contribution in [0.15, 0.2) is 30.5 Å². The van der Waals surface area contributed by atoms with Crippen LogP contribution in [0.25, 0.3) is 10.6 Å². The van der Waals surface area contributed by atoms with E-state index in [0.717, 1.165) is 60.0 Å². The lowest BCUT2D eigenvalue weighted by Gasteiger charge is -2.26. The molecule has 0 bridgehead atoms. The molecule has 6 heteroatoms. The van der Waals surface area contributed by atoms with E-state index in [2.05, 4.69) is 4.98 Å². The highest BCUT2D eigenvalue weighted by Crippen LogP contribution is 2.37. The van der Waals surface area contributed by atoms with E-state index >= 15 is 0 Å². The Balaban J connectivity index is 1.47. The van der Waals surface area contributed by atoms with Gasteiger partial charge in [-0.15, -0.1) is 11.3 Å². The van der Waals surface area contributed by atoms with E-state index in [4.69, 9.17) is 9.47 Å². The molecule has 2 aliphatic rings. The van der Waals surface area contributed by atoms with Gasteiger partial charge in [0.2, 0.25) is 5.91 Å². The SMILES string of the molecule is COc1ccccc1-c1ncc(CN2CCC3(CCCO3)CCC2=O)s1. The number of hydrogen-bond donors (Lipinski definition) is 0. The van der Waals surface area contributed by atoms with Gasteiger partial charge in [-0.1, -0.05) is 12.1 Å². The average Bonchev–Trinajstić information content (AvgIpc) is 3.30. The molecule has 0 saturated carbocycles. The van der Waals surface area contributed by atoms with Crippen LogP contribution in [0.1, 0.15) is 37.0 Å². The van der Waals surface area contributed by atoms with Crippen molar-refractivity contribution in [2.24, 2.45) is 0 Å². The van der Waals surface area contributed by atoms with Crippen molar-refractivity contribution in [2.75, 3.05) is 20.3 Å². The van der Waals surface area contributed by atoms with E-state index in [9.17, 15) is 4.79 Å². The number of likely N-dealkylation sites (tertiary alicyclic amines) is 1. The molecule has 2 saturated heterocycles. The second-order valence-corrected chi connectivity index (χ2v) is 8.15. The number of amides is 1. The Labute approximate surface area is 157 Å². The van der Waals surface area contributed by atoms with Gasteiger partial charge in [0.05, 0.1) is 24.8 Å². The molecule has 1 aromatic heterocycles. The third-order valence-corrected chi connectivity index (χ3v) is 6.42. The maximum absolute atomic E-state index is 12.6. The molecule has 1 unspecified atom stereocenters.